The predicted octanol–water partition coefficient (Wildman–Crippen LogP) is 4.19. The molecule has 3 aromatic carbocycles. The third-order valence-electron chi connectivity index (χ3n) is 7.14. The molecule has 0 unspecified atom stereocenters. The first kappa shape index (κ1) is 26.9. The number of hydrogen-bond donors (Lipinski definition) is 0. The molecule has 0 spiro atoms. The van der Waals surface area contributed by atoms with E-state index in [-0.39, 0.29) is 18.4 Å². The number of nitrogens with zero attached hydrogens (tertiary/aromatic N) is 5. The Kier molecular flexibility index (Phi) is 8.66. The van der Waals surface area contributed by atoms with Crippen LogP contribution in [0.2, 0.25) is 0 Å². The number of carbonyl (C=O) groups excluding carboxylic acids is 2. The van der Waals surface area contributed by atoms with E-state index in [0.29, 0.717) is 50.5 Å². The largest absolute Gasteiger partial charge is 0.497 e. The van der Waals surface area contributed by atoms with Crippen LogP contribution in [0.3, 0.4) is 0 Å². The lowest BCUT2D eigenvalue weighted by molar-refractivity contribution is -0.132. The Morgan fingerprint density at radius 1 is 0.800 bits per heavy atom. The van der Waals surface area contributed by atoms with Crippen LogP contribution in [0.25, 0.3) is 11.3 Å². The van der Waals surface area contributed by atoms with Gasteiger partial charge in [-0.1, -0.05) is 60.7 Å². The van der Waals surface area contributed by atoms with Crippen molar-refractivity contribution in [3.05, 3.63) is 108 Å². The van der Waals surface area contributed by atoms with Gasteiger partial charge in [-0.2, -0.15) is 0 Å². The molecule has 2 amide bonds. The molecule has 0 atom stereocenters. The van der Waals surface area contributed by atoms with E-state index in [1.165, 1.54) is 0 Å². The van der Waals surface area contributed by atoms with E-state index >= 15 is 0 Å². The van der Waals surface area contributed by atoms with E-state index in [1.807, 2.05) is 77.7 Å². The zero-order chi connectivity index (χ0) is 27.7. The molecule has 0 saturated carbocycles. The number of anilines is 1. The Morgan fingerprint density at radius 3 is 2.10 bits per heavy atom. The Labute approximate surface area is 234 Å². The zero-order valence-electron chi connectivity index (χ0n) is 22.6. The Balaban J connectivity index is 1.21. The highest BCUT2D eigenvalue weighted by molar-refractivity contribution is 5.96. The molecule has 1 aliphatic rings. The van der Waals surface area contributed by atoms with E-state index in [1.54, 1.807) is 36.3 Å². The van der Waals surface area contributed by atoms with Crippen molar-refractivity contribution in [3.8, 4) is 17.0 Å². The maximum atomic E-state index is 13.4. The van der Waals surface area contributed by atoms with E-state index in [0.717, 1.165) is 22.6 Å². The van der Waals surface area contributed by atoms with Crippen LogP contribution in [-0.2, 0) is 11.2 Å². The summed E-state index contributed by atoms with van der Waals surface area (Å²) in [5.41, 5.74) is 3.51. The predicted molar refractivity (Wildman–Crippen MR) is 155 cm³/mol. The molecule has 1 aliphatic heterocycles. The zero-order valence-corrected chi connectivity index (χ0v) is 22.6. The molecule has 4 aromatic rings. The minimum atomic E-state index is -0.167. The van der Waals surface area contributed by atoms with Crippen molar-refractivity contribution in [1.82, 2.24) is 20.0 Å². The molecule has 1 aromatic heterocycles. The van der Waals surface area contributed by atoms with Crippen LogP contribution >= 0.6 is 0 Å². The Bertz CT molecular complexity index is 1390. The normalized spacial score (nSPS) is 13.1. The Morgan fingerprint density at radius 2 is 1.48 bits per heavy atom. The highest BCUT2D eigenvalue weighted by atomic mass is 16.5. The number of carbonyl (C=O) groups is 2. The molecular weight excluding hydrogens is 502 g/mol. The fourth-order valence-corrected chi connectivity index (χ4v) is 4.78. The number of methoxy groups -OCH3 is 1. The lowest BCUT2D eigenvalue weighted by Crippen LogP contribution is -2.52. The highest BCUT2D eigenvalue weighted by Crippen LogP contribution is 2.19. The van der Waals surface area contributed by atoms with Crippen LogP contribution in [0.15, 0.2) is 97.1 Å². The molecule has 0 aliphatic carbocycles. The fraction of sp³-hybridized carbons (Fsp3) is 0.250. The SMILES string of the molecule is COc1ccc(C(=O)N(CCc2ccccc2)CC(=O)N2CCN(c3ccc(-c4ccccc4)nn3)CC2)cc1. The molecule has 1 saturated heterocycles. The maximum absolute atomic E-state index is 13.4. The van der Waals surface area contributed by atoms with Gasteiger partial charge in [0.15, 0.2) is 5.82 Å². The number of ether oxygens (including phenoxy) is 1. The molecular formula is C32H33N5O3. The third kappa shape index (κ3) is 6.64. The molecule has 8 nitrogen and oxygen atoms in total. The minimum absolute atomic E-state index is 0.0310. The molecule has 204 valence electrons. The Hall–Kier alpha value is -4.72. The van der Waals surface area contributed by atoms with E-state index < -0.39 is 0 Å². The van der Waals surface area contributed by atoms with Gasteiger partial charge in [0.05, 0.1) is 12.8 Å². The van der Waals surface area contributed by atoms with Gasteiger partial charge in [0.25, 0.3) is 5.91 Å². The summed E-state index contributed by atoms with van der Waals surface area (Å²) in [4.78, 5) is 32.4. The summed E-state index contributed by atoms with van der Waals surface area (Å²) in [5.74, 6) is 1.26. The van der Waals surface area contributed by atoms with Crippen LogP contribution < -0.4 is 9.64 Å². The number of hydrogen-bond acceptors (Lipinski definition) is 6. The van der Waals surface area contributed by atoms with E-state index in [2.05, 4.69) is 15.1 Å². The average Bonchev–Trinajstić information content (AvgIpc) is 3.03. The average molecular weight is 536 g/mol. The molecule has 40 heavy (non-hydrogen) atoms. The number of piperazine rings is 1. The second-order valence-electron chi connectivity index (χ2n) is 9.70. The summed E-state index contributed by atoms with van der Waals surface area (Å²) in [6, 6.07) is 30.9. The van der Waals surface area contributed by atoms with Crippen LogP contribution in [0.4, 0.5) is 5.82 Å². The van der Waals surface area contributed by atoms with Gasteiger partial charge >= 0.3 is 0 Å². The van der Waals surface area contributed by atoms with Gasteiger partial charge in [-0.15, -0.1) is 10.2 Å². The summed E-state index contributed by atoms with van der Waals surface area (Å²) in [5, 5.41) is 8.83. The van der Waals surface area contributed by atoms with Gasteiger partial charge in [0, 0.05) is 43.9 Å². The van der Waals surface area contributed by atoms with Crippen molar-refractivity contribution in [3.63, 3.8) is 0 Å². The number of rotatable bonds is 9. The van der Waals surface area contributed by atoms with Crippen LogP contribution in [0.5, 0.6) is 5.75 Å². The first-order valence-corrected chi connectivity index (χ1v) is 13.5. The monoisotopic (exact) mass is 535 g/mol. The second kappa shape index (κ2) is 12.9. The molecule has 2 heterocycles. The molecule has 1 fully saturated rings. The van der Waals surface area contributed by atoms with Crippen molar-refractivity contribution in [2.75, 3.05) is 51.3 Å². The molecule has 8 heteroatoms. The summed E-state index contributed by atoms with van der Waals surface area (Å²) in [6.45, 7) is 2.91. The minimum Gasteiger partial charge on any atom is -0.497 e. The summed E-state index contributed by atoms with van der Waals surface area (Å²) in [6.07, 6.45) is 0.668. The molecule has 0 N–H and O–H groups in total. The topological polar surface area (TPSA) is 78.9 Å². The van der Waals surface area contributed by atoms with Gasteiger partial charge in [-0.05, 0) is 48.4 Å². The number of aromatic nitrogens is 2. The molecule has 5 rings (SSSR count). The second-order valence-corrected chi connectivity index (χ2v) is 9.70. The van der Waals surface area contributed by atoms with Crippen LogP contribution in [0, 0.1) is 0 Å². The van der Waals surface area contributed by atoms with Crippen molar-refractivity contribution in [2.45, 2.75) is 6.42 Å². The summed E-state index contributed by atoms with van der Waals surface area (Å²) >= 11 is 0. The third-order valence-corrected chi connectivity index (χ3v) is 7.14. The maximum Gasteiger partial charge on any atom is 0.254 e. The quantitative estimate of drug-likeness (QED) is 0.320. The van der Waals surface area contributed by atoms with Gasteiger partial charge in [0.1, 0.15) is 12.3 Å². The van der Waals surface area contributed by atoms with Crippen LogP contribution in [0.1, 0.15) is 15.9 Å². The van der Waals surface area contributed by atoms with Gasteiger partial charge < -0.3 is 19.4 Å². The summed E-state index contributed by atoms with van der Waals surface area (Å²) in [7, 11) is 1.59. The van der Waals surface area contributed by atoms with Crippen molar-refractivity contribution in [2.24, 2.45) is 0 Å². The standard InChI is InChI=1S/C32H33N5O3/c1-40-28-14-12-27(13-15-28)32(39)37(19-18-25-8-4-2-5-9-25)24-31(38)36-22-20-35(21-23-36)30-17-16-29(33-34-30)26-10-6-3-7-11-26/h2-17H,18-24H2,1H3. The number of benzene rings is 3. The molecule has 0 bridgehead atoms. The first-order chi connectivity index (χ1) is 19.6. The van der Waals surface area contributed by atoms with E-state index in [4.69, 9.17) is 4.74 Å². The molecule has 0 radical (unpaired) electrons. The van der Waals surface area contributed by atoms with Crippen molar-refractivity contribution >= 4 is 17.6 Å². The summed E-state index contributed by atoms with van der Waals surface area (Å²) < 4.78 is 5.23. The van der Waals surface area contributed by atoms with Crippen LogP contribution in [-0.4, -0.2) is 78.2 Å². The lowest BCUT2D eigenvalue weighted by Gasteiger charge is -2.36. The van der Waals surface area contributed by atoms with Crippen molar-refractivity contribution < 1.29 is 14.3 Å². The lowest BCUT2D eigenvalue weighted by atomic mass is 10.1. The van der Waals surface area contributed by atoms with Crippen molar-refractivity contribution in [1.29, 1.82) is 0 Å². The fourth-order valence-electron chi connectivity index (χ4n) is 4.78. The van der Waals surface area contributed by atoms with Gasteiger partial charge in [-0.3, -0.25) is 9.59 Å². The first-order valence-electron chi connectivity index (χ1n) is 13.5. The number of amides is 2. The smallest absolute Gasteiger partial charge is 0.254 e. The van der Waals surface area contributed by atoms with Gasteiger partial charge in [-0.25, -0.2) is 0 Å². The van der Waals surface area contributed by atoms with Gasteiger partial charge in [0.2, 0.25) is 5.91 Å². The highest BCUT2D eigenvalue weighted by Gasteiger charge is 2.26. The van der Waals surface area contributed by atoms with E-state index in [9.17, 15) is 9.59 Å².